The molecule has 1 atom stereocenters. The van der Waals surface area contributed by atoms with Gasteiger partial charge in [0.25, 0.3) is 6.43 Å². The van der Waals surface area contributed by atoms with E-state index in [1.54, 1.807) is 4.90 Å². The highest BCUT2D eigenvalue weighted by Gasteiger charge is 2.33. The first kappa shape index (κ1) is 15.2. The summed E-state index contributed by atoms with van der Waals surface area (Å²) in [6.07, 6.45) is -2.64. The van der Waals surface area contributed by atoms with Crippen LogP contribution in [-0.2, 0) is 0 Å². The molecule has 0 amide bonds. The van der Waals surface area contributed by atoms with Crippen molar-refractivity contribution < 1.29 is 13.9 Å². The summed E-state index contributed by atoms with van der Waals surface area (Å²) < 4.78 is 27.1. The van der Waals surface area contributed by atoms with Crippen LogP contribution in [0, 0.1) is 11.3 Å². The normalized spacial score (nSPS) is 17.9. The van der Waals surface area contributed by atoms with Crippen molar-refractivity contribution in [3.05, 3.63) is 27.7 Å². The fraction of sp³-hybridized carbons (Fsp3) is 0.462. The number of rotatable bonds is 3. The van der Waals surface area contributed by atoms with E-state index in [-0.39, 0.29) is 21.3 Å². The average molecular weight is 346 g/mol. The lowest BCUT2D eigenvalue weighted by atomic mass is 10.0. The maximum absolute atomic E-state index is 13.4. The molecule has 1 aromatic carbocycles. The number of hydrogen-bond donors (Lipinski definition) is 2. The van der Waals surface area contributed by atoms with E-state index >= 15 is 0 Å². The van der Waals surface area contributed by atoms with Crippen LogP contribution < -0.4 is 5.32 Å². The fourth-order valence-corrected chi connectivity index (χ4v) is 2.84. The lowest BCUT2D eigenvalue weighted by molar-refractivity contribution is 0.0170. The first-order valence-corrected chi connectivity index (χ1v) is 6.99. The second-order valence-corrected chi connectivity index (χ2v) is 5.43. The Morgan fingerprint density at radius 2 is 2.00 bits per heavy atom. The summed E-state index contributed by atoms with van der Waals surface area (Å²) in [6, 6.07) is 3.46. The van der Waals surface area contributed by atoms with E-state index in [4.69, 9.17) is 5.26 Å². The summed E-state index contributed by atoms with van der Waals surface area (Å²) in [6.45, 7) is 2.21. The minimum absolute atomic E-state index is 0.0906. The number of phenols is 1. The molecule has 2 N–H and O–H groups in total. The van der Waals surface area contributed by atoms with Crippen molar-refractivity contribution in [1.29, 1.82) is 5.26 Å². The van der Waals surface area contributed by atoms with Gasteiger partial charge in [-0.25, -0.2) is 8.78 Å². The number of piperazine rings is 1. The number of nitrogens with zero attached hydrogens (tertiary/aromatic N) is 2. The number of hydrogen-bond acceptors (Lipinski definition) is 4. The van der Waals surface area contributed by atoms with E-state index in [0.717, 1.165) is 0 Å². The molecule has 108 valence electrons. The molecule has 0 radical (unpaired) electrons. The molecule has 0 spiro atoms. The Hall–Kier alpha value is -1.23. The van der Waals surface area contributed by atoms with Crippen LogP contribution in [0.1, 0.15) is 17.2 Å². The third-order valence-electron chi connectivity index (χ3n) is 3.32. The van der Waals surface area contributed by atoms with Gasteiger partial charge >= 0.3 is 0 Å². The maximum Gasteiger partial charge on any atom is 0.258 e. The molecule has 0 aliphatic carbocycles. The third kappa shape index (κ3) is 3.08. The van der Waals surface area contributed by atoms with Gasteiger partial charge in [-0.05, 0) is 28.1 Å². The molecular weight excluding hydrogens is 332 g/mol. The van der Waals surface area contributed by atoms with Crippen LogP contribution in [-0.4, -0.2) is 42.6 Å². The molecule has 1 saturated heterocycles. The average Bonchev–Trinajstić information content (AvgIpc) is 2.44. The Balaban J connectivity index is 2.43. The van der Waals surface area contributed by atoms with E-state index in [1.165, 1.54) is 12.1 Å². The molecule has 0 saturated carbocycles. The van der Waals surface area contributed by atoms with Crippen LogP contribution in [0.5, 0.6) is 5.75 Å². The molecule has 4 nitrogen and oxygen atoms in total. The van der Waals surface area contributed by atoms with E-state index < -0.39 is 12.5 Å². The van der Waals surface area contributed by atoms with Gasteiger partial charge in [-0.15, -0.1) is 0 Å². The minimum Gasteiger partial charge on any atom is -0.506 e. The Bertz CT molecular complexity index is 527. The van der Waals surface area contributed by atoms with Gasteiger partial charge in [0.1, 0.15) is 11.8 Å². The Morgan fingerprint density at radius 1 is 1.35 bits per heavy atom. The van der Waals surface area contributed by atoms with Gasteiger partial charge in [0.15, 0.2) is 0 Å². The molecule has 1 heterocycles. The zero-order chi connectivity index (χ0) is 14.7. The molecule has 1 aromatic rings. The topological polar surface area (TPSA) is 59.3 Å². The highest BCUT2D eigenvalue weighted by Crippen LogP contribution is 2.38. The predicted molar refractivity (Wildman–Crippen MR) is 73.7 cm³/mol. The van der Waals surface area contributed by atoms with Gasteiger partial charge < -0.3 is 10.4 Å². The van der Waals surface area contributed by atoms with Gasteiger partial charge in [0, 0.05) is 31.7 Å². The Morgan fingerprint density at radius 3 is 2.55 bits per heavy atom. The van der Waals surface area contributed by atoms with Crippen molar-refractivity contribution in [3.8, 4) is 11.8 Å². The van der Waals surface area contributed by atoms with E-state index in [2.05, 4.69) is 21.2 Å². The van der Waals surface area contributed by atoms with Gasteiger partial charge in [-0.2, -0.15) is 5.26 Å². The van der Waals surface area contributed by atoms with E-state index in [9.17, 15) is 13.9 Å². The van der Waals surface area contributed by atoms with Gasteiger partial charge in [-0.3, -0.25) is 4.90 Å². The number of benzene rings is 1. The second kappa shape index (κ2) is 6.48. The molecule has 2 rings (SSSR count). The van der Waals surface area contributed by atoms with Gasteiger partial charge in [0.05, 0.1) is 16.1 Å². The molecule has 7 heteroatoms. The summed E-state index contributed by atoms with van der Waals surface area (Å²) in [7, 11) is 0. The fourth-order valence-electron chi connectivity index (χ4n) is 2.36. The van der Waals surface area contributed by atoms with Crippen molar-refractivity contribution in [2.45, 2.75) is 12.5 Å². The van der Waals surface area contributed by atoms with Crippen LogP contribution >= 0.6 is 15.9 Å². The lowest BCUT2D eigenvalue weighted by Crippen LogP contribution is -2.46. The zero-order valence-corrected chi connectivity index (χ0v) is 12.2. The van der Waals surface area contributed by atoms with E-state index in [1.807, 2.05) is 6.07 Å². The zero-order valence-electron chi connectivity index (χ0n) is 10.6. The number of nitriles is 1. The number of alkyl halides is 2. The first-order chi connectivity index (χ1) is 9.54. The number of aromatic hydroxyl groups is 1. The number of halogens is 3. The summed E-state index contributed by atoms with van der Waals surface area (Å²) >= 11 is 3.10. The summed E-state index contributed by atoms with van der Waals surface area (Å²) in [5.74, 6) is -0.229. The van der Waals surface area contributed by atoms with Crippen molar-refractivity contribution in [2.24, 2.45) is 0 Å². The Labute approximate surface area is 124 Å². The quantitative estimate of drug-likeness (QED) is 0.881. The molecule has 1 aliphatic heterocycles. The standard InChI is InChI=1S/C13H14BrF2N3O/c14-10-6-8(7-17)5-9(12(10)20)11(13(15)16)19-3-1-18-2-4-19/h5-6,11,13,18,20H,1-4H2/t11-/m0/s1. The SMILES string of the molecule is N#Cc1cc(Br)c(O)c([C@@H](C(F)F)N2CCNCC2)c1. The van der Waals surface area contributed by atoms with E-state index in [0.29, 0.717) is 26.2 Å². The van der Waals surface area contributed by atoms with Crippen molar-refractivity contribution in [2.75, 3.05) is 26.2 Å². The van der Waals surface area contributed by atoms with Crippen LogP contribution in [0.15, 0.2) is 16.6 Å². The van der Waals surface area contributed by atoms with Crippen LogP contribution in [0.3, 0.4) is 0 Å². The highest BCUT2D eigenvalue weighted by atomic mass is 79.9. The summed E-state index contributed by atoms with van der Waals surface area (Å²) in [5, 5.41) is 22.1. The molecule has 0 aromatic heterocycles. The first-order valence-electron chi connectivity index (χ1n) is 6.20. The van der Waals surface area contributed by atoms with Crippen LogP contribution in [0.2, 0.25) is 0 Å². The molecule has 0 bridgehead atoms. The maximum atomic E-state index is 13.4. The molecule has 1 fully saturated rings. The smallest absolute Gasteiger partial charge is 0.258 e. The molecule has 0 unspecified atom stereocenters. The second-order valence-electron chi connectivity index (χ2n) is 4.57. The number of phenolic OH excluding ortho intramolecular Hbond substituents is 1. The summed E-state index contributed by atoms with van der Waals surface area (Å²) in [4.78, 5) is 1.63. The molecular formula is C13H14BrF2N3O. The van der Waals surface area contributed by atoms with Gasteiger partial charge in [0.2, 0.25) is 0 Å². The number of nitrogens with one attached hydrogen (secondary N) is 1. The van der Waals surface area contributed by atoms with Crippen LogP contribution in [0.4, 0.5) is 8.78 Å². The molecule has 1 aliphatic rings. The third-order valence-corrected chi connectivity index (χ3v) is 3.93. The monoisotopic (exact) mass is 345 g/mol. The van der Waals surface area contributed by atoms with Crippen molar-refractivity contribution >= 4 is 15.9 Å². The van der Waals surface area contributed by atoms with Crippen molar-refractivity contribution in [1.82, 2.24) is 10.2 Å². The Kier molecular flexibility index (Phi) is 4.91. The van der Waals surface area contributed by atoms with Gasteiger partial charge in [-0.1, -0.05) is 0 Å². The van der Waals surface area contributed by atoms with Crippen molar-refractivity contribution in [3.63, 3.8) is 0 Å². The highest BCUT2D eigenvalue weighted by molar-refractivity contribution is 9.10. The minimum atomic E-state index is -2.64. The summed E-state index contributed by atoms with van der Waals surface area (Å²) in [5.41, 5.74) is 0.332. The lowest BCUT2D eigenvalue weighted by Gasteiger charge is -2.35. The molecule has 20 heavy (non-hydrogen) atoms. The van der Waals surface area contributed by atoms with Crippen LogP contribution in [0.25, 0.3) is 0 Å². The predicted octanol–water partition coefficient (Wildman–Crippen LogP) is 2.24. The largest absolute Gasteiger partial charge is 0.506 e.